The highest BCUT2D eigenvalue weighted by molar-refractivity contribution is 5.67. The molecule has 1 atom stereocenters. The van der Waals surface area contributed by atoms with E-state index in [0.29, 0.717) is 12.6 Å². The van der Waals surface area contributed by atoms with Gasteiger partial charge in [-0.1, -0.05) is 0 Å². The summed E-state index contributed by atoms with van der Waals surface area (Å²) in [6.45, 7) is 13.5. The van der Waals surface area contributed by atoms with Crippen LogP contribution in [0.5, 0.6) is 0 Å². The monoisotopic (exact) mass is 228 g/mol. The molecule has 0 aromatic heterocycles. The number of hydrogen-bond acceptors (Lipinski definition) is 3. The van der Waals surface area contributed by atoms with E-state index in [1.807, 2.05) is 6.92 Å². The topological polar surface area (TPSA) is 32.8 Å². The van der Waals surface area contributed by atoms with Crippen LogP contribution in [0.3, 0.4) is 0 Å². The molecule has 1 aliphatic heterocycles. The van der Waals surface area contributed by atoms with Gasteiger partial charge in [0.1, 0.15) is 0 Å². The molecular weight excluding hydrogens is 204 g/mol. The van der Waals surface area contributed by atoms with Gasteiger partial charge in [-0.2, -0.15) is 0 Å². The van der Waals surface area contributed by atoms with Crippen molar-refractivity contribution < 1.29 is 9.53 Å². The molecule has 0 aromatic carbocycles. The van der Waals surface area contributed by atoms with Crippen LogP contribution in [0.1, 0.15) is 34.6 Å². The predicted octanol–water partition coefficient (Wildman–Crippen LogP) is 1.95. The molecule has 0 saturated carbocycles. The number of ether oxygens (including phenoxy) is 1. The normalized spacial score (nSPS) is 23.3. The Kier molecular flexibility index (Phi) is 4.19. The van der Waals surface area contributed by atoms with E-state index in [1.165, 1.54) is 0 Å². The molecule has 1 aliphatic rings. The van der Waals surface area contributed by atoms with Gasteiger partial charge in [-0.3, -0.25) is 4.90 Å². The van der Waals surface area contributed by atoms with Crippen LogP contribution in [0.15, 0.2) is 0 Å². The molecular formula is C12H24N2O2. The molecule has 1 unspecified atom stereocenters. The van der Waals surface area contributed by atoms with Crippen molar-refractivity contribution in [2.45, 2.75) is 46.2 Å². The summed E-state index contributed by atoms with van der Waals surface area (Å²) >= 11 is 0. The van der Waals surface area contributed by atoms with Crippen molar-refractivity contribution in [2.75, 3.05) is 26.2 Å². The molecule has 1 fully saturated rings. The summed E-state index contributed by atoms with van der Waals surface area (Å²) in [5.74, 6) is 0. The Hall–Kier alpha value is -0.770. The third-order valence-corrected chi connectivity index (χ3v) is 3.02. The van der Waals surface area contributed by atoms with Gasteiger partial charge in [-0.05, 0) is 34.6 Å². The number of rotatable bonds is 1. The van der Waals surface area contributed by atoms with Crippen LogP contribution in [0.4, 0.5) is 4.79 Å². The van der Waals surface area contributed by atoms with Crippen molar-refractivity contribution in [1.82, 2.24) is 9.80 Å². The molecule has 4 nitrogen and oxygen atoms in total. The lowest BCUT2D eigenvalue weighted by atomic mass is 10.0. The number of carbonyl (C=O) groups excluding carboxylic acids is 1. The van der Waals surface area contributed by atoms with Gasteiger partial charge in [0.25, 0.3) is 0 Å². The lowest BCUT2D eigenvalue weighted by molar-refractivity contribution is 0.0139. The van der Waals surface area contributed by atoms with Crippen molar-refractivity contribution in [1.29, 1.82) is 0 Å². The maximum absolute atomic E-state index is 11.6. The van der Waals surface area contributed by atoms with Gasteiger partial charge < -0.3 is 9.64 Å². The van der Waals surface area contributed by atoms with E-state index >= 15 is 0 Å². The third-order valence-electron chi connectivity index (χ3n) is 3.02. The third kappa shape index (κ3) is 3.11. The zero-order valence-electron chi connectivity index (χ0n) is 11.1. The average Bonchev–Trinajstić information content (AvgIpc) is 2.16. The van der Waals surface area contributed by atoms with Gasteiger partial charge in [0.15, 0.2) is 0 Å². The maximum Gasteiger partial charge on any atom is 0.409 e. The molecule has 0 aliphatic carbocycles. The molecule has 0 radical (unpaired) electrons. The Bertz CT molecular complexity index is 248. The van der Waals surface area contributed by atoms with E-state index in [4.69, 9.17) is 4.74 Å². The van der Waals surface area contributed by atoms with Crippen LogP contribution in [-0.2, 0) is 4.74 Å². The van der Waals surface area contributed by atoms with Gasteiger partial charge in [0, 0.05) is 31.2 Å². The van der Waals surface area contributed by atoms with E-state index in [9.17, 15) is 4.79 Å². The fraction of sp³-hybridized carbons (Fsp3) is 0.917. The van der Waals surface area contributed by atoms with Crippen molar-refractivity contribution in [3.05, 3.63) is 0 Å². The second-order valence-electron chi connectivity index (χ2n) is 5.36. The predicted molar refractivity (Wildman–Crippen MR) is 64.5 cm³/mol. The van der Waals surface area contributed by atoms with E-state index < -0.39 is 0 Å². The minimum absolute atomic E-state index is 0.167. The Balaban J connectivity index is 2.55. The molecule has 0 N–H and O–H groups in total. The van der Waals surface area contributed by atoms with E-state index in [1.54, 1.807) is 4.90 Å². The molecule has 4 heteroatoms. The number of piperazine rings is 1. The van der Waals surface area contributed by atoms with Crippen molar-refractivity contribution in [2.24, 2.45) is 0 Å². The summed E-state index contributed by atoms with van der Waals surface area (Å²) in [4.78, 5) is 15.8. The largest absolute Gasteiger partial charge is 0.450 e. The van der Waals surface area contributed by atoms with Crippen molar-refractivity contribution in [3.8, 4) is 0 Å². The van der Waals surface area contributed by atoms with Crippen LogP contribution >= 0.6 is 0 Å². The van der Waals surface area contributed by atoms with Gasteiger partial charge in [-0.25, -0.2) is 4.79 Å². The first-order valence-electron chi connectivity index (χ1n) is 6.04. The van der Waals surface area contributed by atoms with Crippen LogP contribution in [0.2, 0.25) is 0 Å². The van der Waals surface area contributed by atoms with Crippen molar-refractivity contribution >= 4 is 6.09 Å². The first-order chi connectivity index (χ1) is 7.36. The molecule has 1 rings (SSSR count). The van der Waals surface area contributed by atoms with Crippen LogP contribution in [0, 0.1) is 0 Å². The zero-order valence-corrected chi connectivity index (χ0v) is 11.1. The zero-order chi connectivity index (χ0) is 12.3. The summed E-state index contributed by atoms with van der Waals surface area (Å²) in [6, 6.07) is 0.387. The Morgan fingerprint density at radius 1 is 1.38 bits per heavy atom. The molecule has 1 saturated heterocycles. The van der Waals surface area contributed by atoms with Gasteiger partial charge in [-0.15, -0.1) is 0 Å². The summed E-state index contributed by atoms with van der Waals surface area (Å²) in [5, 5.41) is 0. The van der Waals surface area contributed by atoms with E-state index in [2.05, 4.69) is 32.6 Å². The lowest BCUT2D eigenvalue weighted by Crippen LogP contribution is -2.59. The molecule has 16 heavy (non-hydrogen) atoms. The number of carbonyl (C=O) groups is 1. The van der Waals surface area contributed by atoms with E-state index in [-0.39, 0.29) is 11.6 Å². The average molecular weight is 228 g/mol. The highest BCUT2D eigenvalue weighted by Gasteiger charge is 2.33. The molecule has 0 spiro atoms. The molecule has 0 aromatic rings. The van der Waals surface area contributed by atoms with E-state index in [0.717, 1.165) is 19.6 Å². The summed E-state index contributed by atoms with van der Waals surface area (Å²) < 4.78 is 5.02. The Morgan fingerprint density at radius 2 is 2.00 bits per heavy atom. The second kappa shape index (κ2) is 5.04. The van der Waals surface area contributed by atoms with Crippen molar-refractivity contribution in [3.63, 3.8) is 0 Å². The highest BCUT2D eigenvalue weighted by Crippen LogP contribution is 2.21. The molecule has 0 bridgehead atoms. The highest BCUT2D eigenvalue weighted by atomic mass is 16.6. The Labute approximate surface area is 98.5 Å². The standard InChI is InChI=1S/C12H24N2O2/c1-6-16-11(15)13-7-8-14(10(2)9-13)12(3,4)5/h10H,6-9H2,1-5H3. The number of amides is 1. The summed E-state index contributed by atoms with van der Waals surface area (Å²) in [7, 11) is 0. The van der Waals surface area contributed by atoms with Crippen LogP contribution in [0.25, 0.3) is 0 Å². The van der Waals surface area contributed by atoms with Gasteiger partial charge in [0.05, 0.1) is 6.61 Å². The second-order valence-corrected chi connectivity index (χ2v) is 5.36. The maximum atomic E-state index is 11.6. The molecule has 94 valence electrons. The first-order valence-corrected chi connectivity index (χ1v) is 6.04. The summed E-state index contributed by atoms with van der Waals surface area (Å²) in [5.41, 5.74) is 0.167. The minimum Gasteiger partial charge on any atom is -0.450 e. The lowest BCUT2D eigenvalue weighted by Gasteiger charge is -2.46. The number of hydrogen-bond donors (Lipinski definition) is 0. The van der Waals surface area contributed by atoms with Gasteiger partial charge in [0.2, 0.25) is 0 Å². The summed E-state index contributed by atoms with van der Waals surface area (Å²) in [6.07, 6.45) is -0.178. The molecule has 1 heterocycles. The fourth-order valence-corrected chi connectivity index (χ4v) is 2.33. The Morgan fingerprint density at radius 3 is 2.44 bits per heavy atom. The first kappa shape index (κ1) is 13.3. The minimum atomic E-state index is -0.178. The molecule has 1 amide bonds. The fourth-order valence-electron chi connectivity index (χ4n) is 2.33. The SMILES string of the molecule is CCOC(=O)N1CCN(C(C)(C)C)C(C)C1. The smallest absolute Gasteiger partial charge is 0.409 e. The van der Waals surface area contributed by atoms with Crippen LogP contribution < -0.4 is 0 Å². The van der Waals surface area contributed by atoms with Gasteiger partial charge >= 0.3 is 6.09 Å². The number of nitrogens with zero attached hydrogens (tertiary/aromatic N) is 2. The van der Waals surface area contributed by atoms with Crippen LogP contribution in [-0.4, -0.2) is 53.7 Å². The quantitative estimate of drug-likeness (QED) is 0.687.